The van der Waals surface area contributed by atoms with Crippen LogP contribution in [-0.2, 0) is 10.0 Å². The van der Waals surface area contributed by atoms with E-state index in [1.807, 2.05) is 13.8 Å². The molecule has 3 aromatic rings. The Hall–Kier alpha value is -2.56. The number of nitrogen functional groups attached to an aromatic ring is 1. The number of nitrogens with two attached hydrogens (primary N) is 1. The average molecular weight is 432 g/mol. The summed E-state index contributed by atoms with van der Waals surface area (Å²) < 4.78 is 27.7. The SMILES string of the molecule is Cc1nnc2sc(C(=O)N3CCC(NS(=O)(=O)c4ccccc4)C3)c(N)c2c1C. The molecule has 0 aliphatic carbocycles. The van der Waals surface area contributed by atoms with E-state index in [2.05, 4.69) is 14.9 Å². The molecule has 10 heteroatoms. The smallest absolute Gasteiger partial charge is 0.266 e. The van der Waals surface area contributed by atoms with Crippen LogP contribution in [0.15, 0.2) is 35.2 Å². The predicted molar refractivity (Wildman–Crippen MR) is 112 cm³/mol. The molecule has 1 saturated heterocycles. The lowest BCUT2D eigenvalue weighted by Gasteiger charge is -2.17. The quantitative estimate of drug-likeness (QED) is 0.653. The van der Waals surface area contributed by atoms with Crippen molar-refractivity contribution in [2.75, 3.05) is 18.8 Å². The van der Waals surface area contributed by atoms with E-state index in [0.717, 1.165) is 16.6 Å². The monoisotopic (exact) mass is 431 g/mol. The van der Waals surface area contributed by atoms with E-state index in [1.54, 1.807) is 35.2 Å². The molecule has 1 aliphatic heterocycles. The van der Waals surface area contributed by atoms with E-state index in [1.165, 1.54) is 11.3 Å². The molecule has 2 aromatic heterocycles. The van der Waals surface area contributed by atoms with Crippen LogP contribution >= 0.6 is 11.3 Å². The van der Waals surface area contributed by atoms with E-state index >= 15 is 0 Å². The van der Waals surface area contributed by atoms with E-state index in [9.17, 15) is 13.2 Å². The van der Waals surface area contributed by atoms with E-state index in [4.69, 9.17) is 5.73 Å². The molecular weight excluding hydrogens is 410 g/mol. The van der Waals surface area contributed by atoms with Crippen LogP contribution in [0.2, 0.25) is 0 Å². The van der Waals surface area contributed by atoms with Crippen molar-refractivity contribution in [3.8, 4) is 0 Å². The third-order valence-corrected chi connectivity index (χ3v) is 7.79. The van der Waals surface area contributed by atoms with Crippen LogP contribution in [-0.4, -0.2) is 48.6 Å². The number of likely N-dealkylation sites (tertiary alicyclic amines) is 1. The van der Waals surface area contributed by atoms with Gasteiger partial charge in [-0.25, -0.2) is 13.1 Å². The molecule has 0 bridgehead atoms. The van der Waals surface area contributed by atoms with E-state index < -0.39 is 10.0 Å². The number of hydrogen-bond donors (Lipinski definition) is 2. The van der Waals surface area contributed by atoms with Crippen LogP contribution in [0.1, 0.15) is 27.3 Å². The van der Waals surface area contributed by atoms with Gasteiger partial charge in [0.25, 0.3) is 5.91 Å². The summed E-state index contributed by atoms with van der Waals surface area (Å²) in [7, 11) is -3.62. The van der Waals surface area contributed by atoms with Gasteiger partial charge < -0.3 is 10.6 Å². The number of nitrogens with zero attached hydrogens (tertiary/aromatic N) is 3. The molecule has 1 aliphatic rings. The fourth-order valence-electron chi connectivity index (χ4n) is 3.47. The molecule has 1 unspecified atom stereocenters. The highest BCUT2D eigenvalue weighted by molar-refractivity contribution is 7.89. The molecule has 29 heavy (non-hydrogen) atoms. The lowest BCUT2D eigenvalue weighted by Crippen LogP contribution is -2.38. The van der Waals surface area contributed by atoms with Crippen molar-refractivity contribution in [1.82, 2.24) is 19.8 Å². The average Bonchev–Trinajstić information content (AvgIpc) is 3.29. The van der Waals surface area contributed by atoms with Crippen molar-refractivity contribution in [2.45, 2.75) is 31.2 Å². The molecule has 1 amide bonds. The number of hydrogen-bond acceptors (Lipinski definition) is 7. The zero-order chi connectivity index (χ0) is 20.8. The van der Waals surface area contributed by atoms with Crippen LogP contribution in [0.5, 0.6) is 0 Å². The summed E-state index contributed by atoms with van der Waals surface area (Å²) in [5, 5.41) is 9.03. The Labute approximate surface area is 172 Å². The normalized spacial score (nSPS) is 17.2. The molecule has 3 N–H and O–H groups in total. The second kappa shape index (κ2) is 7.36. The summed E-state index contributed by atoms with van der Waals surface area (Å²) in [5.74, 6) is -0.205. The first-order valence-corrected chi connectivity index (χ1v) is 11.5. The topological polar surface area (TPSA) is 118 Å². The summed E-state index contributed by atoms with van der Waals surface area (Å²) in [4.78, 5) is 15.9. The predicted octanol–water partition coefficient (Wildman–Crippen LogP) is 2.08. The Morgan fingerprint density at radius 2 is 1.97 bits per heavy atom. The largest absolute Gasteiger partial charge is 0.397 e. The second-order valence-electron chi connectivity index (χ2n) is 7.11. The Morgan fingerprint density at radius 3 is 2.69 bits per heavy atom. The molecule has 0 saturated carbocycles. The lowest BCUT2D eigenvalue weighted by molar-refractivity contribution is 0.0796. The molecule has 1 fully saturated rings. The van der Waals surface area contributed by atoms with Gasteiger partial charge in [-0.1, -0.05) is 18.2 Å². The van der Waals surface area contributed by atoms with Gasteiger partial charge in [-0.15, -0.1) is 16.4 Å². The van der Waals surface area contributed by atoms with Gasteiger partial charge in [-0.05, 0) is 38.0 Å². The number of fused-ring (bicyclic) bond motifs is 1. The van der Waals surface area contributed by atoms with Crippen LogP contribution in [0.3, 0.4) is 0 Å². The highest BCUT2D eigenvalue weighted by Gasteiger charge is 2.32. The molecule has 0 spiro atoms. The number of aryl methyl sites for hydroxylation is 2. The van der Waals surface area contributed by atoms with Gasteiger partial charge in [-0.3, -0.25) is 4.79 Å². The number of rotatable bonds is 4. The summed E-state index contributed by atoms with van der Waals surface area (Å²) in [6.45, 7) is 4.51. The molecule has 3 heterocycles. The first-order valence-electron chi connectivity index (χ1n) is 9.16. The Morgan fingerprint density at radius 1 is 1.24 bits per heavy atom. The minimum atomic E-state index is -3.62. The van der Waals surface area contributed by atoms with E-state index in [0.29, 0.717) is 34.9 Å². The maximum atomic E-state index is 13.0. The number of nitrogens with one attached hydrogen (secondary N) is 1. The van der Waals surface area contributed by atoms with Crippen LogP contribution < -0.4 is 10.5 Å². The summed E-state index contributed by atoms with van der Waals surface area (Å²) in [5.41, 5.74) is 8.38. The molecule has 8 nitrogen and oxygen atoms in total. The molecular formula is C19H21N5O3S2. The first-order chi connectivity index (χ1) is 13.8. The number of thiophene rings is 1. The number of benzene rings is 1. The number of anilines is 1. The van der Waals surface area contributed by atoms with Crippen molar-refractivity contribution in [1.29, 1.82) is 0 Å². The standard InChI is InChI=1S/C19H21N5O3S2/c1-11-12(2)21-22-18-15(11)16(20)17(28-18)19(25)24-9-8-13(10-24)23-29(26,27)14-6-4-3-5-7-14/h3-7,13,23H,8-10,20H2,1-2H3. The minimum Gasteiger partial charge on any atom is -0.397 e. The number of aromatic nitrogens is 2. The highest BCUT2D eigenvalue weighted by atomic mass is 32.2. The van der Waals surface area contributed by atoms with Gasteiger partial charge in [0.15, 0.2) is 0 Å². The molecule has 4 rings (SSSR count). The van der Waals surface area contributed by atoms with Crippen molar-refractivity contribution in [2.24, 2.45) is 0 Å². The lowest BCUT2D eigenvalue weighted by atomic mass is 10.1. The molecule has 0 radical (unpaired) electrons. The van der Waals surface area contributed by atoms with Gasteiger partial charge >= 0.3 is 0 Å². The number of carbonyl (C=O) groups excluding carboxylic acids is 1. The fourth-order valence-corrected chi connectivity index (χ4v) is 5.82. The van der Waals surface area contributed by atoms with Crippen LogP contribution in [0.25, 0.3) is 10.2 Å². The summed E-state index contributed by atoms with van der Waals surface area (Å²) >= 11 is 1.22. The molecule has 1 aromatic carbocycles. The van der Waals surface area contributed by atoms with Gasteiger partial charge in [0.05, 0.1) is 16.3 Å². The molecule has 152 valence electrons. The van der Waals surface area contributed by atoms with Crippen LogP contribution in [0.4, 0.5) is 5.69 Å². The maximum Gasteiger partial charge on any atom is 0.266 e. The van der Waals surface area contributed by atoms with Crippen molar-refractivity contribution >= 4 is 43.2 Å². The minimum absolute atomic E-state index is 0.205. The van der Waals surface area contributed by atoms with Crippen molar-refractivity contribution in [3.05, 3.63) is 46.5 Å². The van der Waals surface area contributed by atoms with E-state index in [-0.39, 0.29) is 16.8 Å². The van der Waals surface area contributed by atoms with Gasteiger partial charge in [-0.2, -0.15) is 5.10 Å². The van der Waals surface area contributed by atoms with Gasteiger partial charge in [0, 0.05) is 24.5 Å². The highest BCUT2D eigenvalue weighted by Crippen LogP contribution is 2.36. The van der Waals surface area contributed by atoms with Crippen molar-refractivity contribution < 1.29 is 13.2 Å². The Kier molecular flexibility index (Phi) is 5.01. The third-order valence-electron chi connectivity index (χ3n) is 5.18. The zero-order valence-electron chi connectivity index (χ0n) is 16.0. The van der Waals surface area contributed by atoms with Crippen LogP contribution in [0, 0.1) is 13.8 Å². The first kappa shape index (κ1) is 19.7. The Bertz CT molecular complexity index is 1190. The second-order valence-corrected chi connectivity index (χ2v) is 9.82. The van der Waals surface area contributed by atoms with Crippen molar-refractivity contribution in [3.63, 3.8) is 0 Å². The third kappa shape index (κ3) is 3.59. The van der Waals surface area contributed by atoms with Gasteiger partial charge in [0.2, 0.25) is 10.0 Å². The molecule has 1 atom stereocenters. The summed E-state index contributed by atoms with van der Waals surface area (Å²) in [6.07, 6.45) is 0.542. The number of sulfonamides is 1. The Balaban J connectivity index is 1.53. The zero-order valence-corrected chi connectivity index (χ0v) is 17.7. The fraction of sp³-hybridized carbons (Fsp3) is 0.316. The van der Waals surface area contributed by atoms with Gasteiger partial charge in [0.1, 0.15) is 9.71 Å². The number of amides is 1. The summed E-state index contributed by atoms with van der Waals surface area (Å²) in [6, 6.07) is 7.86. The number of carbonyl (C=O) groups is 1. The maximum absolute atomic E-state index is 13.0.